The molecule has 24 heteroatoms. The van der Waals surface area contributed by atoms with Gasteiger partial charge in [0.15, 0.2) is 37.7 Å². The van der Waals surface area contributed by atoms with E-state index in [9.17, 15) is 30.6 Å². The quantitative estimate of drug-likeness (QED) is 0.0409. The number of nitrogens with two attached hydrogens (primary N) is 3. The molecule has 0 spiro atoms. The van der Waals surface area contributed by atoms with Gasteiger partial charge in [-0.05, 0) is 62.1 Å². The summed E-state index contributed by atoms with van der Waals surface area (Å²) in [7, 11) is 0. The summed E-state index contributed by atoms with van der Waals surface area (Å²) in [6.07, 6.45) is -17.8. The first-order valence-electron chi connectivity index (χ1n) is 31.3. The van der Waals surface area contributed by atoms with Crippen molar-refractivity contribution in [1.29, 1.82) is 0 Å². The maximum absolute atomic E-state index is 12.4. The molecule has 6 fully saturated rings. The Labute approximate surface area is 521 Å². The Bertz CT molecular complexity index is 2580. The van der Waals surface area contributed by atoms with Crippen LogP contribution in [-0.2, 0) is 90.9 Å². The van der Waals surface area contributed by atoms with Crippen molar-refractivity contribution in [1.82, 2.24) is 0 Å². The molecule has 0 amide bonds. The molecule has 0 aliphatic carbocycles. The number of benzene rings is 3. The molecule has 496 valence electrons. The van der Waals surface area contributed by atoms with Crippen LogP contribution in [0, 0.1) is 30.1 Å². The fourth-order valence-corrected chi connectivity index (χ4v) is 12.5. The van der Waals surface area contributed by atoms with Gasteiger partial charge in [0.2, 0.25) is 0 Å². The summed E-state index contributed by atoms with van der Waals surface area (Å²) in [4.78, 5) is 0. The predicted octanol–water partition coefficient (Wildman–Crippen LogP) is 1.85. The van der Waals surface area contributed by atoms with Crippen LogP contribution >= 0.6 is 0 Å². The van der Waals surface area contributed by atoms with E-state index >= 15 is 0 Å². The van der Waals surface area contributed by atoms with E-state index in [-0.39, 0.29) is 51.3 Å². The number of aliphatic hydroxyl groups is 6. The van der Waals surface area contributed by atoms with Crippen LogP contribution in [0.2, 0.25) is 0 Å². The Balaban J connectivity index is 0.864. The SMILES string of the molecule is C#CCCCO[C@@H]1OC(C)[C@@H](O[C@@H]2OC(CO)[C@@H](O[C@@H]3OC(C)[C@H](O[C@@H]4OC(CO)[C@@H](O[C@@H]5OC(C)[C@@H](O[C@@H]6OC(CO)[C@@H](C)[C@H](C)C6N)[C@@H](OCc6ccccc6)C5O)CC4N)[C@@H](OCc4ccccc4)C3O)[C@H](C)C2N)[C@@H](OCc2ccccc2)C1O. The largest absolute Gasteiger partial charge is 0.394 e. The Hall–Kier alpha value is -3.74. The van der Waals surface area contributed by atoms with E-state index in [1.54, 1.807) is 20.8 Å². The lowest BCUT2D eigenvalue weighted by Gasteiger charge is -2.50. The summed E-state index contributed by atoms with van der Waals surface area (Å²) in [6, 6.07) is 25.9. The molecule has 0 radical (unpaired) electrons. The number of hydrogen-bond acceptors (Lipinski definition) is 24. The summed E-state index contributed by atoms with van der Waals surface area (Å²) in [6.45, 7) is 10.2. The second-order valence-electron chi connectivity index (χ2n) is 24.4. The standard InChI is InChI=1S/C65H95N3O21/c1-8-9-19-26-75-63-50(72)57(76-31-40-20-13-10-14-21-40)55(37(5)79-63)89-62-49(68)36(4)53(47(30-71)85-62)86-65-52(74)59(78-33-42-24-17-12-18-25-42)54(38(6)81-65)87-60-43(66)27-44(46(29-70)84-60)82-64-51(73)58(77-32-41-22-15-11-16-23-41)56(39(7)80-64)88-61-48(67)35(3)34(2)45(28-69)83-61/h1,10-18,20-25,34-39,43-65,69-74H,9,19,26-33,66-68H2,2-7H3/t34-,35-,36+,37?,38?,39?,43?,44-,45?,46?,47?,48?,49?,50?,51?,52?,53-,54-,55+,56+,57-,58-,59-,60-,61-,62-,63+,64-,65-/m0/s1. The van der Waals surface area contributed by atoms with E-state index in [1.807, 2.05) is 112 Å². The molecule has 0 saturated carbocycles. The number of rotatable bonds is 26. The second-order valence-corrected chi connectivity index (χ2v) is 24.4. The van der Waals surface area contributed by atoms with Gasteiger partial charge in [-0.3, -0.25) is 0 Å². The first-order chi connectivity index (χ1) is 42.9. The minimum atomic E-state index is -1.53. The van der Waals surface area contributed by atoms with Gasteiger partial charge in [-0.25, -0.2) is 0 Å². The molecular formula is C65H95N3O21. The maximum Gasteiger partial charge on any atom is 0.186 e. The van der Waals surface area contributed by atoms with Crippen LogP contribution in [-0.4, -0.2) is 217 Å². The highest BCUT2D eigenvalue weighted by Gasteiger charge is 2.56. The molecule has 12 N–H and O–H groups in total. The molecule has 6 aliphatic heterocycles. The van der Waals surface area contributed by atoms with Gasteiger partial charge >= 0.3 is 0 Å². The summed E-state index contributed by atoms with van der Waals surface area (Å²) in [5, 5.41) is 68.2. The van der Waals surface area contributed by atoms with Crippen molar-refractivity contribution in [3.63, 3.8) is 0 Å². The molecule has 3 aromatic carbocycles. The molecule has 12 unspecified atom stereocenters. The van der Waals surface area contributed by atoms with E-state index in [1.165, 1.54) is 0 Å². The Morgan fingerprint density at radius 3 is 1.29 bits per heavy atom. The van der Waals surface area contributed by atoms with E-state index < -0.39 is 179 Å². The van der Waals surface area contributed by atoms with Crippen LogP contribution in [0.3, 0.4) is 0 Å². The van der Waals surface area contributed by atoms with Crippen molar-refractivity contribution < 1.29 is 102 Å². The topological polar surface area (TPSA) is 338 Å². The van der Waals surface area contributed by atoms with E-state index in [0.29, 0.717) is 12.8 Å². The van der Waals surface area contributed by atoms with Crippen molar-refractivity contribution in [2.24, 2.45) is 35.0 Å². The minimum absolute atomic E-state index is 0.0412. The Kier molecular flexibility index (Phi) is 25.7. The molecule has 24 nitrogen and oxygen atoms in total. The molecule has 0 aromatic heterocycles. The zero-order valence-electron chi connectivity index (χ0n) is 51.6. The molecule has 9 rings (SSSR count). The van der Waals surface area contributed by atoms with Crippen molar-refractivity contribution in [2.45, 2.75) is 240 Å². The third-order valence-corrected chi connectivity index (χ3v) is 18.2. The lowest BCUT2D eigenvalue weighted by atomic mass is 9.82. The van der Waals surface area contributed by atoms with Crippen LogP contribution < -0.4 is 17.2 Å². The van der Waals surface area contributed by atoms with Gasteiger partial charge in [-0.2, -0.15) is 0 Å². The highest BCUT2D eigenvalue weighted by Crippen LogP contribution is 2.40. The molecule has 89 heavy (non-hydrogen) atoms. The van der Waals surface area contributed by atoms with Crippen LogP contribution in [0.25, 0.3) is 0 Å². The first kappa shape index (κ1) is 69.6. The van der Waals surface area contributed by atoms with Crippen LogP contribution in [0.5, 0.6) is 0 Å². The highest BCUT2D eigenvalue weighted by atomic mass is 16.8. The lowest BCUT2D eigenvalue weighted by Crippen LogP contribution is -2.66. The lowest BCUT2D eigenvalue weighted by molar-refractivity contribution is -0.375. The van der Waals surface area contributed by atoms with Crippen LogP contribution in [0.4, 0.5) is 0 Å². The molecule has 3 aromatic rings. The van der Waals surface area contributed by atoms with E-state index in [0.717, 1.165) is 16.7 Å². The summed E-state index contributed by atoms with van der Waals surface area (Å²) in [5.74, 6) is 1.85. The highest BCUT2D eigenvalue weighted by molar-refractivity contribution is 5.16. The number of terminal acetylenes is 1. The number of hydrogen-bond donors (Lipinski definition) is 9. The smallest absolute Gasteiger partial charge is 0.186 e. The zero-order chi connectivity index (χ0) is 63.5. The van der Waals surface area contributed by atoms with Gasteiger partial charge in [0, 0.05) is 12.3 Å². The first-order valence-corrected chi connectivity index (χ1v) is 31.3. The summed E-state index contributed by atoms with van der Waals surface area (Å²) >= 11 is 0. The molecule has 29 atom stereocenters. The average molecular weight is 1250 g/mol. The third-order valence-electron chi connectivity index (χ3n) is 18.2. The second kappa shape index (κ2) is 32.9. The molecule has 6 aliphatic rings. The predicted molar refractivity (Wildman–Crippen MR) is 318 cm³/mol. The van der Waals surface area contributed by atoms with Crippen molar-refractivity contribution >= 4 is 0 Å². The monoisotopic (exact) mass is 1250 g/mol. The summed E-state index contributed by atoms with van der Waals surface area (Å²) < 4.78 is 96.3. The van der Waals surface area contributed by atoms with Crippen molar-refractivity contribution in [2.75, 3.05) is 26.4 Å². The van der Waals surface area contributed by atoms with E-state index in [2.05, 4.69) is 5.92 Å². The molecular weight excluding hydrogens is 1160 g/mol. The Morgan fingerprint density at radius 1 is 0.438 bits per heavy atom. The average Bonchev–Trinajstić information content (AvgIpc) is 1.89. The Morgan fingerprint density at radius 2 is 0.831 bits per heavy atom. The fraction of sp³-hybridized carbons (Fsp3) is 0.692. The zero-order valence-corrected chi connectivity index (χ0v) is 51.6. The van der Waals surface area contributed by atoms with E-state index in [4.69, 9.17) is 94.7 Å². The normalized spacial score (nSPS) is 42.0. The van der Waals surface area contributed by atoms with Gasteiger partial charge in [-0.15, -0.1) is 12.3 Å². The number of aliphatic hydroxyl groups excluding tert-OH is 6. The number of ether oxygens (including phenoxy) is 15. The third kappa shape index (κ3) is 17.0. The van der Waals surface area contributed by atoms with Gasteiger partial charge in [0.25, 0.3) is 0 Å². The van der Waals surface area contributed by atoms with Crippen molar-refractivity contribution in [3.8, 4) is 12.3 Å². The molecule has 6 heterocycles. The van der Waals surface area contributed by atoms with Crippen LogP contribution in [0.1, 0.15) is 77.5 Å². The molecule has 6 saturated heterocycles. The van der Waals surface area contributed by atoms with Gasteiger partial charge in [0.1, 0.15) is 67.1 Å². The summed E-state index contributed by atoms with van der Waals surface area (Å²) in [5.41, 5.74) is 23.0. The van der Waals surface area contributed by atoms with Gasteiger partial charge < -0.3 is 119 Å². The maximum atomic E-state index is 12.4. The van der Waals surface area contributed by atoms with Gasteiger partial charge in [-0.1, -0.05) is 112 Å². The van der Waals surface area contributed by atoms with Crippen molar-refractivity contribution in [3.05, 3.63) is 108 Å². The van der Waals surface area contributed by atoms with Gasteiger partial charge in [0.05, 0.1) is 101 Å². The fourth-order valence-electron chi connectivity index (χ4n) is 12.5. The molecule has 0 bridgehead atoms. The van der Waals surface area contributed by atoms with Crippen LogP contribution in [0.15, 0.2) is 91.0 Å². The minimum Gasteiger partial charge on any atom is -0.394 e. The number of unbranched alkanes of at least 4 members (excludes halogenated alkanes) is 1.